The van der Waals surface area contributed by atoms with Gasteiger partial charge in [0.1, 0.15) is 11.5 Å². The summed E-state index contributed by atoms with van der Waals surface area (Å²) in [5, 5.41) is 7.40. The molecule has 2 aromatic rings. The van der Waals surface area contributed by atoms with Crippen LogP contribution in [0.3, 0.4) is 0 Å². The molecule has 0 spiro atoms. The van der Waals surface area contributed by atoms with Gasteiger partial charge in [-0.05, 0) is 39.2 Å². The Balaban J connectivity index is 1.82. The van der Waals surface area contributed by atoms with Crippen LogP contribution >= 0.6 is 0 Å². The number of fused-ring (bicyclic) bond motifs is 1. The highest BCUT2D eigenvalue weighted by Crippen LogP contribution is 2.29. The lowest BCUT2D eigenvalue weighted by molar-refractivity contribution is 0.0931. The van der Waals surface area contributed by atoms with Crippen LogP contribution in [0.25, 0.3) is 0 Å². The van der Waals surface area contributed by atoms with Crippen molar-refractivity contribution in [2.24, 2.45) is 7.05 Å². The smallest absolute Gasteiger partial charge is 0.255 e. The summed E-state index contributed by atoms with van der Waals surface area (Å²) in [6.07, 6.45) is 4.93. The first-order valence-electron chi connectivity index (χ1n) is 6.95. The van der Waals surface area contributed by atoms with E-state index in [1.807, 2.05) is 31.8 Å². The normalized spacial score (nSPS) is 17.9. The van der Waals surface area contributed by atoms with E-state index in [4.69, 9.17) is 4.42 Å². The first-order valence-corrected chi connectivity index (χ1v) is 6.95. The molecular weight excluding hydrogens is 254 g/mol. The van der Waals surface area contributed by atoms with Gasteiger partial charge in [0.2, 0.25) is 0 Å². The molecular formula is C15H19N3O2. The van der Waals surface area contributed by atoms with Crippen LogP contribution in [0.2, 0.25) is 0 Å². The van der Waals surface area contributed by atoms with Crippen LogP contribution in [0.1, 0.15) is 52.0 Å². The number of rotatable bonds is 2. The molecule has 20 heavy (non-hydrogen) atoms. The van der Waals surface area contributed by atoms with E-state index >= 15 is 0 Å². The predicted molar refractivity (Wildman–Crippen MR) is 74.5 cm³/mol. The number of carbonyl (C=O) groups is 1. The van der Waals surface area contributed by atoms with E-state index in [-0.39, 0.29) is 11.9 Å². The lowest BCUT2D eigenvalue weighted by Crippen LogP contribution is -2.31. The molecule has 0 aromatic carbocycles. The van der Waals surface area contributed by atoms with Gasteiger partial charge in [-0.15, -0.1) is 0 Å². The molecule has 5 nitrogen and oxygen atoms in total. The van der Waals surface area contributed by atoms with E-state index in [9.17, 15) is 4.79 Å². The minimum Gasteiger partial charge on any atom is -0.466 e. The molecule has 1 atom stereocenters. The van der Waals surface area contributed by atoms with Crippen LogP contribution in [0, 0.1) is 13.8 Å². The lowest BCUT2D eigenvalue weighted by Gasteiger charge is -2.23. The molecule has 5 heteroatoms. The van der Waals surface area contributed by atoms with Crippen molar-refractivity contribution in [2.75, 3.05) is 0 Å². The quantitative estimate of drug-likeness (QED) is 0.914. The molecule has 1 unspecified atom stereocenters. The van der Waals surface area contributed by atoms with Gasteiger partial charge in [-0.3, -0.25) is 9.48 Å². The summed E-state index contributed by atoms with van der Waals surface area (Å²) < 4.78 is 7.32. The van der Waals surface area contributed by atoms with Gasteiger partial charge in [0.25, 0.3) is 5.91 Å². The highest BCUT2D eigenvalue weighted by Gasteiger charge is 2.26. The van der Waals surface area contributed by atoms with Gasteiger partial charge in [-0.1, -0.05) is 0 Å². The molecule has 106 valence electrons. The highest BCUT2D eigenvalue weighted by atomic mass is 16.3. The molecule has 1 aliphatic rings. The van der Waals surface area contributed by atoms with Crippen LogP contribution in [0.4, 0.5) is 0 Å². The molecule has 0 saturated heterocycles. The zero-order chi connectivity index (χ0) is 14.3. The molecule has 1 amide bonds. The summed E-state index contributed by atoms with van der Waals surface area (Å²) in [4.78, 5) is 12.4. The fourth-order valence-electron chi connectivity index (χ4n) is 2.95. The van der Waals surface area contributed by atoms with Gasteiger partial charge < -0.3 is 9.73 Å². The molecule has 2 aromatic heterocycles. The second-order valence-corrected chi connectivity index (χ2v) is 5.42. The number of furan rings is 1. The minimum atomic E-state index is -0.0685. The average molecular weight is 273 g/mol. The maximum Gasteiger partial charge on any atom is 0.255 e. The van der Waals surface area contributed by atoms with E-state index in [2.05, 4.69) is 10.4 Å². The highest BCUT2D eigenvalue weighted by molar-refractivity contribution is 5.95. The van der Waals surface area contributed by atoms with Gasteiger partial charge in [0.15, 0.2) is 0 Å². The van der Waals surface area contributed by atoms with Crippen molar-refractivity contribution in [3.63, 3.8) is 0 Å². The Morgan fingerprint density at radius 1 is 1.50 bits per heavy atom. The second kappa shape index (κ2) is 4.81. The number of hydrogen-bond acceptors (Lipinski definition) is 3. The molecule has 0 saturated carbocycles. The Kier molecular flexibility index (Phi) is 3.12. The molecule has 1 aliphatic carbocycles. The van der Waals surface area contributed by atoms with Crippen molar-refractivity contribution >= 4 is 5.91 Å². The third-order valence-electron chi connectivity index (χ3n) is 3.97. The number of aromatic nitrogens is 2. The number of aryl methyl sites for hydroxylation is 3. The molecule has 1 N–H and O–H groups in total. The Morgan fingerprint density at radius 2 is 2.30 bits per heavy atom. The molecule has 2 heterocycles. The summed E-state index contributed by atoms with van der Waals surface area (Å²) in [7, 11) is 1.95. The summed E-state index contributed by atoms with van der Waals surface area (Å²) in [6.45, 7) is 3.67. The average Bonchev–Trinajstić information content (AvgIpc) is 2.94. The van der Waals surface area contributed by atoms with Crippen molar-refractivity contribution in [2.45, 2.75) is 39.2 Å². The number of nitrogens with one attached hydrogen (secondary N) is 1. The first-order chi connectivity index (χ1) is 9.56. The maximum atomic E-state index is 12.4. The SMILES string of the molecule is Cc1cc(C(=O)NC2CCCc3c2cnn3C)c(C)o1. The second-order valence-electron chi connectivity index (χ2n) is 5.42. The van der Waals surface area contributed by atoms with Gasteiger partial charge >= 0.3 is 0 Å². The van der Waals surface area contributed by atoms with Crippen molar-refractivity contribution in [1.82, 2.24) is 15.1 Å². The van der Waals surface area contributed by atoms with Crippen LogP contribution < -0.4 is 5.32 Å². The van der Waals surface area contributed by atoms with Crippen LogP contribution in [0.15, 0.2) is 16.7 Å². The zero-order valence-electron chi connectivity index (χ0n) is 12.1. The monoisotopic (exact) mass is 273 g/mol. The van der Waals surface area contributed by atoms with Gasteiger partial charge in [-0.2, -0.15) is 5.10 Å². The standard InChI is InChI=1S/C15H19N3O2/c1-9-7-11(10(2)20-9)15(19)17-13-5-4-6-14-12(13)8-16-18(14)3/h7-8,13H,4-6H2,1-3H3,(H,17,19). The van der Waals surface area contributed by atoms with Crippen LogP contribution in [-0.4, -0.2) is 15.7 Å². The number of nitrogens with zero attached hydrogens (tertiary/aromatic N) is 2. The number of hydrogen-bond donors (Lipinski definition) is 1. The molecule has 0 aliphatic heterocycles. The van der Waals surface area contributed by atoms with Gasteiger partial charge in [-0.25, -0.2) is 0 Å². The van der Waals surface area contributed by atoms with E-state index in [1.54, 1.807) is 6.07 Å². The Bertz CT molecular complexity index is 654. The Labute approximate surface area is 118 Å². The Hall–Kier alpha value is -2.04. The molecule has 0 radical (unpaired) electrons. The largest absolute Gasteiger partial charge is 0.466 e. The summed E-state index contributed by atoms with van der Waals surface area (Å²) >= 11 is 0. The third kappa shape index (κ3) is 2.13. The summed E-state index contributed by atoms with van der Waals surface area (Å²) in [5.41, 5.74) is 2.99. The third-order valence-corrected chi connectivity index (χ3v) is 3.97. The number of carbonyl (C=O) groups excluding carboxylic acids is 1. The first kappa shape index (κ1) is 13.0. The van der Waals surface area contributed by atoms with Crippen molar-refractivity contribution < 1.29 is 9.21 Å². The maximum absolute atomic E-state index is 12.4. The van der Waals surface area contributed by atoms with Crippen LogP contribution in [0.5, 0.6) is 0 Å². The molecule has 3 rings (SSSR count). The van der Waals surface area contributed by atoms with Gasteiger partial charge in [0.05, 0.1) is 17.8 Å². The zero-order valence-corrected chi connectivity index (χ0v) is 12.1. The van der Waals surface area contributed by atoms with E-state index in [0.29, 0.717) is 11.3 Å². The molecule has 0 fully saturated rings. The fourth-order valence-corrected chi connectivity index (χ4v) is 2.95. The van der Waals surface area contributed by atoms with Crippen molar-refractivity contribution in [1.29, 1.82) is 0 Å². The van der Waals surface area contributed by atoms with Crippen LogP contribution in [-0.2, 0) is 13.5 Å². The van der Waals surface area contributed by atoms with E-state index in [0.717, 1.165) is 30.6 Å². The molecule has 0 bridgehead atoms. The topological polar surface area (TPSA) is 60.1 Å². The minimum absolute atomic E-state index is 0.0505. The summed E-state index contributed by atoms with van der Waals surface area (Å²) in [6, 6.07) is 1.84. The van der Waals surface area contributed by atoms with Crippen molar-refractivity contribution in [3.05, 3.63) is 40.6 Å². The lowest BCUT2D eigenvalue weighted by atomic mass is 9.93. The van der Waals surface area contributed by atoms with E-state index in [1.165, 1.54) is 5.69 Å². The summed E-state index contributed by atoms with van der Waals surface area (Å²) in [5.74, 6) is 1.36. The van der Waals surface area contributed by atoms with Gasteiger partial charge in [0, 0.05) is 18.3 Å². The predicted octanol–water partition coefficient (Wildman–Crippen LogP) is 2.44. The number of amides is 1. The van der Waals surface area contributed by atoms with Crippen molar-refractivity contribution in [3.8, 4) is 0 Å². The van der Waals surface area contributed by atoms with E-state index < -0.39 is 0 Å². The fraction of sp³-hybridized carbons (Fsp3) is 0.467. The Morgan fingerprint density at radius 3 is 3.00 bits per heavy atom.